The van der Waals surface area contributed by atoms with E-state index in [-0.39, 0.29) is 15.7 Å². The molecule has 96 valence electrons. The quantitative estimate of drug-likeness (QED) is 0.462. The van der Waals surface area contributed by atoms with Crippen LogP contribution in [0.25, 0.3) is 0 Å². The average molecular weight is 373 g/mol. The van der Waals surface area contributed by atoms with Gasteiger partial charge in [-0.15, -0.1) is 13.2 Å². The summed E-state index contributed by atoms with van der Waals surface area (Å²) in [6, 6.07) is 1.64. The van der Waals surface area contributed by atoms with Crippen molar-refractivity contribution in [1.29, 1.82) is 5.26 Å². The molecule has 0 saturated heterocycles. The maximum Gasteiger partial charge on any atom is 0.573 e. The van der Waals surface area contributed by atoms with E-state index >= 15 is 0 Å². The molecule has 1 aromatic rings. The van der Waals surface area contributed by atoms with Crippen LogP contribution in [-0.4, -0.2) is 16.3 Å². The van der Waals surface area contributed by atoms with Crippen molar-refractivity contribution < 1.29 is 22.8 Å². The Morgan fingerprint density at radius 2 is 2.22 bits per heavy atom. The van der Waals surface area contributed by atoms with Crippen LogP contribution in [0.2, 0.25) is 0 Å². The third-order valence-corrected chi connectivity index (χ3v) is 2.73. The van der Waals surface area contributed by atoms with Crippen molar-refractivity contribution in [1.82, 2.24) is 4.98 Å². The van der Waals surface area contributed by atoms with Gasteiger partial charge in [0.2, 0.25) is 0 Å². The summed E-state index contributed by atoms with van der Waals surface area (Å²) < 4.78 is 39.3. The molecule has 0 unspecified atom stereocenters. The second-order valence-corrected chi connectivity index (χ2v) is 3.95. The molecule has 0 N–H and O–H groups in total. The zero-order valence-corrected chi connectivity index (χ0v) is 10.5. The largest absolute Gasteiger partial charge is 0.573 e. The van der Waals surface area contributed by atoms with E-state index in [2.05, 4.69) is 9.72 Å². The number of alkyl halides is 3. The Morgan fingerprint density at radius 3 is 2.67 bits per heavy atom. The fraction of sp³-hybridized carbons (Fsp3) is 0.250. The fourth-order valence-electron chi connectivity index (χ4n) is 1.08. The Kier molecular flexibility index (Phi) is 4.28. The lowest BCUT2D eigenvalue weighted by atomic mass is 10.2. The van der Waals surface area contributed by atoms with E-state index < -0.39 is 22.7 Å². The molecule has 0 amide bonds. The maximum atomic E-state index is 12.0. The van der Waals surface area contributed by atoms with Crippen LogP contribution in [0.1, 0.15) is 5.69 Å². The molecule has 1 heterocycles. The SMILES string of the molecule is N#CCc1ncc(OC(F)(F)F)c(I)c1[N+](=O)[O-]. The number of hydrogen-bond acceptors (Lipinski definition) is 5. The first kappa shape index (κ1) is 14.4. The van der Waals surface area contributed by atoms with Crippen LogP contribution in [0, 0.1) is 25.0 Å². The number of halogens is 4. The molecule has 0 aromatic carbocycles. The zero-order chi connectivity index (χ0) is 13.9. The number of nitro groups is 1. The molecule has 0 aliphatic heterocycles. The first-order valence-electron chi connectivity index (χ1n) is 4.20. The molecule has 0 fully saturated rings. The summed E-state index contributed by atoms with van der Waals surface area (Å²) in [6.07, 6.45) is -4.64. The van der Waals surface area contributed by atoms with Crippen LogP contribution in [0.5, 0.6) is 5.75 Å². The summed E-state index contributed by atoms with van der Waals surface area (Å²) in [5.41, 5.74) is -0.861. The van der Waals surface area contributed by atoms with E-state index in [4.69, 9.17) is 5.26 Å². The summed E-state index contributed by atoms with van der Waals surface area (Å²) in [4.78, 5) is 13.3. The van der Waals surface area contributed by atoms with Crippen molar-refractivity contribution in [2.45, 2.75) is 12.8 Å². The molecule has 6 nitrogen and oxygen atoms in total. The predicted molar refractivity (Wildman–Crippen MR) is 59.6 cm³/mol. The lowest BCUT2D eigenvalue weighted by Gasteiger charge is -2.10. The molecular formula is C8H3F3IN3O3. The minimum absolute atomic E-state index is 0.207. The summed E-state index contributed by atoms with van der Waals surface area (Å²) in [7, 11) is 0. The van der Waals surface area contributed by atoms with E-state index in [0.29, 0.717) is 6.20 Å². The summed E-state index contributed by atoms with van der Waals surface area (Å²) >= 11 is 1.35. The first-order valence-corrected chi connectivity index (χ1v) is 5.28. The molecule has 0 atom stereocenters. The van der Waals surface area contributed by atoms with Gasteiger partial charge in [-0.2, -0.15) is 5.26 Å². The highest BCUT2D eigenvalue weighted by Crippen LogP contribution is 2.34. The number of nitrogens with zero attached hydrogens (tertiary/aromatic N) is 3. The van der Waals surface area contributed by atoms with E-state index in [0.717, 1.165) is 0 Å². The van der Waals surface area contributed by atoms with Crippen molar-refractivity contribution >= 4 is 28.3 Å². The Bertz CT molecular complexity index is 527. The van der Waals surface area contributed by atoms with Crippen LogP contribution in [0.15, 0.2) is 6.20 Å². The van der Waals surface area contributed by atoms with Gasteiger partial charge in [-0.25, -0.2) is 4.98 Å². The number of aromatic nitrogens is 1. The molecule has 18 heavy (non-hydrogen) atoms. The molecule has 1 rings (SSSR count). The van der Waals surface area contributed by atoms with E-state index in [9.17, 15) is 23.3 Å². The molecule has 0 aliphatic carbocycles. The Hall–Kier alpha value is -1.64. The zero-order valence-electron chi connectivity index (χ0n) is 8.36. The Balaban J connectivity index is 3.31. The number of nitriles is 1. The van der Waals surface area contributed by atoms with Gasteiger partial charge in [-0.1, -0.05) is 0 Å². The smallest absolute Gasteiger partial charge is 0.403 e. The topological polar surface area (TPSA) is 89.0 Å². The van der Waals surface area contributed by atoms with Gasteiger partial charge in [0, 0.05) is 0 Å². The summed E-state index contributed by atoms with van der Waals surface area (Å²) in [5.74, 6) is -0.767. The lowest BCUT2D eigenvalue weighted by molar-refractivity contribution is -0.387. The van der Waals surface area contributed by atoms with Gasteiger partial charge < -0.3 is 4.74 Å². The average Bonchev–Trinajstić information content (AvgIpc) is 2.20. The highest BCUT2D eigenvalue weighted by Gasteiger charge is 2.34. The van der Waals surface area contributed by atoms with Crippen molar-refractivity contribution in [2.75, 3.05) is 0 Å². The standard InChI is InChI=1S/C8H3F3IN3O3/c9-8(10,11)18-5-3-14-4(1-2-13)7(6(5)12)15(16)17/h3H,1H2. The third-order valence-electron chi connectivity index (χ3n) is 1.69. The van der Waals surface area contributed by atoms with Crippen molar-refractivity contribution in [3.05, 3.63) is 25.6 Å². The molecule has 0 radical (unpaired) electrons. The van der Waals surface area contributed by atoms with Crippen molar-refractivity contribution in [3.63, 3.8) is 0 Å². The maximum absolute atomic E-state index is 12.0. The number of ether oxygens (including phenoxy) is 1. The number of pyridine rings is 1. The van der Waals surface area contributed by atoms with Gasteiger partial charge in [0.15, 0.2) is 5.75 Å². The lowest BCUT2D eigenvalue weighted by Crippen LogP contribution is -2.18. The van der Waals surface area contributed by atoms with E-state index in [1.54, 1.807) is 6.07 Å². The van der Waals surface area contributed by atoms with Crippen LogP contribution in [0.3, 0.4) is 0 Å². The normalized spacial score (nSPS) is 10.8. The molecule has 10 heteroatoms. The highest BCUT2D eigenvalue weighted by molar-refractivity contribution is 14.1. The molecule has 0 saturated carbocycles. The van der Waals surface area contributed by atoms with Gasteiger partial charge in [0.25, 0.3) is 0 Å². The molecular weight excluding hydrogens is 370 g/mol. The first-order chi connectivity index (χ1) is 8.26. The van der Waals surface area contributed by atoms with E-state index in [1.165, 1.54) is 22.6 Å². The summed E-state index contributed by atoms with van der Waals surface area (Å²) in [6.45, 7) is 0. The van der Waals surface area contributed by atoms with Crippen LogP contribution < -0.4 is 4.74 Å². The Morgan fingerprint density at radius 1 is 1.61 bits per heavy atom. The number of hydrogen-bond donors (Lipinski definition) is 0. The molecule has 0 aliphatic rings. The van der Waals surface area contributed by atoms with Gasteiger partial charge in [-0.3, -0.25) is 10.1 Å². The predicted octanol–water partition coefficient (Wildman–Crippen LogP) is 2.56. The van der Waals surface area contributed by atoms with Gasteiger partial charge in [0.05, 0.1) is 23.6 Å². The van der Waals surface area contributed by atoms with Crippen LogP contribution >= 0.6 is 22.6 Å². The van der Waals surface area contributed by atoms with Crippen molar-refractivity contribution in [2.24, 2.45) is 0 Å². The van der Waals surface area contributed by atoms with Crippen LogP contribution in [0.4, 0.5) is 18.9 Å². The third kappa shape index (κ3) is 3.42. The minimum atomic E-state index is -4.97. The number of rotatable bonds is 3. The molecule has 1 aromatic heterocycles. The summed E-state index contributed by atoms with van der Waals surface area (Å²) in [5, 5.41) is 19.2. The fourth-order valence-corrected chi connectivity index (χ4v) is 1.84. The molecule has 0 bridgehead atoms. The minimum Gasteiger partial charge on any atom is -0.403 e. The van der Waals surface area contributed by atoms with Gasteiger partial charge >= 0.3 is 12.0 Å². The highest BCUT2D eigenvalue weighted by atomic mass is 127. The van der Waals surface area contributed by atoms with Crippen LogP contribution in [-0.2, 0) is 6.42 Å². The second kappa shape index (κ2) is 5.34. The van der Waals surface area contributed by atoms with E-state index in [1.807, 2.05) is 0 Å². The Labute approximate surface area is 112 Å². The van der Waals surface area contributed by atoms with Crippen molar-refractivity contribution in [3.8, 4) is 11.8 Å². The van der Waals surface area contributed by atoms with Gasteiger partial charge in [-0.05, 0) is 22.6 Å². The second-order valence-electron chi connectivity index (χ2n) is 2.87. The monoisotopic (exact) mass is 373 g/mol. The van der Waals surface area contributed by atoms with Gasteiger partial charge in [0.1, 0.15) is 9.26 Å². The molecule has 0 spiro atoms.